The average Bonchev–Trinajstić information content (AvgIpc) is 3.65. The number of carbonyl (C=O) groups is 2. The number of hydrogen-bond donors (Lipinski definition) is 1. The third-order valence-electron chi connectivity index (χ3n) is 12.5. The number of aromatic nitrogens is 3. The molecule has 4 aliphatic carbocycles. The van der Waals surface area contributed by atoms with Crippen LogP contribution in [0.3, 0.4) is 0 Å². The summed E-state index contributed by atoms with van der Waals surface area (Å²) >= 11 is 0. The number of likely N-dealkylation sites (tertiary alicyclic amines) is 1. The van der Waals surface area contributed by atoms with Gasteiger partial charge >= 0.3 is 6.09 Å². The normalized spacial score (nSPS) is 25.9. The van der Waals surface area contributed by atoms with Crippen molar-refractivity contribution in [2.75, 3.05) is 44.9 Å². The molecule has 3 heterocycles. The molecule has 2 amide bonds. The van der Waals surface area contributed by atoms with Crippen LogP contribution in [0.1, 0.15) is 95.2 Å². The standard InChI is InChI=1S/C41H55N5O6/c1-28(2)46-24-32(23-43-46)31-11-18-42-37(22-31)45(27-40-12-15-41(16-13-40,17-14-40)33-7-10-36(50-4)29(3)21-33)38(48)30-5-8-34(9-6-30)52-39(49)44-25-35(26-44)51-20-19-47/h7,10-11,18,21-24,28,30,34-35,47H,5-6,8-9,12-17,19-20,25-27H2,1-4H3. The van der Waals surface area contributed by atoms with Crippen molar-refractivity contribution in [2.24, 2.45) is 11.3 Å². The third-order valence-corrected chi connectivity index (χ3v) is 12.5. The Morgan fingerprint density at radius 1 is 0.981 bits per heavy atom. The van der Waals surface area contributed by atoms with Crippen LogP contribution in [0.15, 0.2) is 48.9 Å². The van der Waals surface area contributed by atoms with Gasteiger partial charge in [0.2, 0.25) is 5.91 Å². The molecule has 4 saturated carbocycles. The number of anilines is 1. The number of aliphatic hydroxyl groups excluding tert-OH is 1. The van der Waals surface area contributed by atoms with Crippen LogP contribution >= 0.6 is 0 Å². The molecule has 8 rings (SSSR count). The Labute approximate surface area is 307 Å². The van der Waals surface area contributed by atoms with E-state index < -0.39 is 0 Å². The molecule has 0 spiro atoms. The Hall–Kier alpha value is -3.96. The van der Waals surface area contributed by atoms with E-state index in [0.717, 1.165) is 55.4 Å². The summed E-state index contributed by atoms with van der Waals surface area (Å²) < 4.78 is 18.9. The van der Waals surface area contributed by atoms with Gasteiger partial charge < -0.3 is 24.2 Å². The van der Waals surface area contributed by atoms with E-state index in [4.69, 9.17) is 24.3 Å². The zero-order valence-corrected chi connectivity index (χ0v) is 31.3. The molecule has 5 aliphatic rings. The van der Waals surface area contributed by atoms with Gasteiger partial charge in [0.25, 0.3) is 0 Å². The smallest absolute Gasteiger partial charge is 0.410 e. The topological polar surface area (TPSA) is 119 Å². The highest BCUT2D eigenvalue weighted by atomic mass is 16.6. The van der Waals surface area contributed by atoms with Gasteiger partial charge in [-0.25, -0.2) is 9.78 Å². The predicted octanol–water partition coefficient (Wildman–Crippen LogP) is 6.86. The first-order valence-electron chi connectivity index (χ1n) is 19.3. The van der Waals surface area contributed by atoms with E-state index in [0.29, 0.717) is 51.1 Å². The van der Waals surface area contributed by atoms with Gasteiger partial charge in [0.15, 0.2) is 0 Å². The number of amides is 2. The van der Waals surface area contributed by atoms with Gasteiger partial charge in [0.05, 0.1) is 45.7 Å². The SMILES string of the molecule is COc1ccc(C23CCC(CN(C(=O)C4CCC(OC(=O)N5CC(OCCO)C5)CC4)c4cc(-c5cnn(C(C)C)c5)ccn4)(CC2)CC3)cc1C. The van der Waals surface area contributed by atoms with Crippen LogP contribution in [0.2, 0.25) is 0 Å². The van der Waals surface area contributed by atoms with Crippen molar-refractivity contribution in [3.8, 4) is 16.9 Å². The van der Waals surface area contributed by atoms with Crippen LogP contribution in [0.4, 0.5) is 10.6 Å². The van der Waals surface area contributed by atoms with Crippen molar-refractivity contribution < 1.29 is 28.9 Å². The molecule has 1 aromatic carbocycles. The molecule has 1 saturated heterocycles. The Morgan fingerprint density at radius 3 is 2.35 bits per heavy atom. The molecule has 1 aliphatic heterocycles. The number of pyridine rings is 1. The number of aryl methyl sites for hydroxylation is 1. The fourth-order valence-corrected chi connectivity index (χ4v) is 9.04. The highest BCUT2D eigenvalue weighted by Gasteiger charge is 2.51. The third kappa shape index (κ3) is 7.44. The largest absolute Gasteiger partial charge is 0.496 e. The van der Waals surface area contributed by atoms with Gasteiger partial charge in [-0.1, -0.05) is 12.1 Å². The molecule has 11 nitrogen and oxygen atoms in total. The summed E-state index contributed by atoms with van der Waals surface area (Å²) in [5.74, 6) is 1.60. The maximum Gasteiger partial charge on any atom is 0.410 e. The number of aliphatic hydroxyl groups is 1. The van der Waals surface area contributed by atoms with Gasteiger partial charge in [-0.15, -0.1) is 0 Å². The quantitative estimate of drug-likeness (QED) is 0.216. The lowest BCUT2D eigenvalue weighted by atomic mass is 9.51. The monoisotopic (exact) mass is 713 g/mol. The van der Waals surface area contributed by atoms with Crippen molar-refractivity contribution in [2.45, 2.75) is 109 Å². The fraction of sp³-hybridized carbons (Fsp3) is 0.610. The van der Waals surface area contributed by atoms with E-state index in [1.165, 1.54) is 11.1 Å². The predicted molar refractivity (Wildman–Crippen MR) is 198 cm³/mol. The summed E-state index contributed by atoms with van der Waals surface area (Å²) in [6, 6.07) is 11.0. The molecule has 5 fully saturated rings. The summed E-state index contributed by atoms with van der Waals surface area (Å²) in [4.78, 5) is 35.9. The minimum atomic E-state index is -0.323. The second-order valence-corrected chi connectivity index (χ2v) is 16.1. The Bertz CT molecular complexity index is 1700. The molecular formula is C41H55N5O6. The number of methoxy groups -OCH3 is 1. The summed E-state index contributed by atoms with van der Waals surface area (Å²) in [5.41, 5.74) is 4.84. The summed E-state index contributed by atoms with van der Waals surface area (Å²) in [7, 11) is 1.73. The van der Waals surface area contributed by atoms with Gasteiger partial charge in [-0.2, -0.15) is 5.10 Å². The molecule has 2 aromatic heterocycles. The van der Waals surface area contributed by atoms with Gasteiger partial charge in [0, 0.05) is 36.5 Å². The summed E-state index contributed by atoms with van der Waals surface area (Å²) in [5, 5.41) is 13.5. The van der Waals surface area contributed by atoms with E-state index in [9.17, 15) is 9.59 Å². The minimum absolute atomic E-state index is 0.0300. The fourth-order valence-electron chi connectivity index (χ4n) is 9.04. The molecular weight excluding hydrogens is 658 g/mol. The molecule has 1 N–H and O–H groups in total. The molecule has 52 heavy (non-hydrogen) atoms. The first-order chi connectivity index (χ1) is 25.1. The second kappa shape index (κ2) is 15.2. The van der Waals surface area contributed by atoms with Crippen LogP contribution in [-0.4, -0.2) is 88.9 Å². The first-order valence-corrected chi connectivity index (χ1v) is 19.3. The average molecular weight is 714 g/mol. The van der Waals surface area contributed by atoms with Gasteiger partial charge in [-0.05, 0) is 131 Å². The van der Waals surface area contributed by atoms with E-state index >= 15 is 0 Å². The first kappa shape index (κ1) is 36.4. The molecule has 0 atom stereocenters. The number of carbonyl (C=O) groups excluding carboxylic acids is 2. The Balaban J connectivity index is 1.06. The zero-order valence-electron chi connectivity index (χ0n) is 31.3. The van der Waals surface area contributed by atoms with Crippen LogP contribution in [0.25, 0.3) is 11.1 Å². The number of benzene rings is 1. The van der Waals surface area contributed by atoms with Crippen molar-refractivity contribution in [1.82, 2.24) is 19.7 Å². The van der Waals surface area contributed by atoms with E-state index in [1.54, 1.807) is 12.0 Å². The molecule has 0 unspecified atom stereocenters. The lowest BCUT2D eigenvalue weighted by molar-refractivity contribution is -0.125. The zero-order chi connectivity index (χ0) is 36.5. The Morgan fingerprint density at radius 2 is 1.71 bits per heavy atom. The van der Waals surface area contributed by atoms with Crippen LogP contribution < -0.4 is 9.64 Å². The van der Waals surface area contributed by atoms with E-state index in [2.05, 4.69) is 56.3 Å². The van der Waals surface area contributed by atoms with Crippen molar-refractivity contribution >= 4 is 17.8 Å². The lowest BCUT2D eigenvalue weighted by Gasteiger charge is -2.55. The van der Waals surface area contributed by atoms with Crippen LogP contribution in [0, 0.1) is 18.3 Å². The number of rotatable bonds is 12. The lowest BCUT2D eigenvalue weighted by Crippen LogP contribution is -2.55. The van der Waals surface area contributed by atoms with E-state index in [1.807, 2.05) is 28.0 Å². The van der Waals surface area contributed by atoms with Crippen molar-refractivity contribution in [3.63, 3.8) is 0 Å². The van der Waals surface area contributed by atoms with Crippen molar-refractivity contribution in [3.05, 3.63) is 60.0 Å². The summed E-state index contributed by atoms with van der Waals surface area (Å²) in [6.07, 6.45) is 14.4. The van der Waals surface area contributed by atoms with Gasteiger partial charge in [0.1, 0.15) is 17.7 Å². The minimum Gasteiger partial charge on any atom is -0.496 e. The highest BCUT2D eigenvalue weighted by Crippen LogP contribution is 2.58. The molecule has 0 radical (unpaired) electrons. The number of fused-ring (bicyclic) bond motifs is 3. The number of ether oxygens (including phenoxy) is 3. The summed E-state index contributed by atoms with van der Waals surface area (Å²) in [6.45, 7) is 8.22. The van der Waals surface area contributed by atoms with Crippen LogP contribution in [-0.2, 0) is 19.7 Å². The Kier molecular flexibility index (Phi) is 10.6. The van der Waals surface area contributed by atoms with Crippen molar-refractivity contribution in [1.29, 1.82) is 0 Å². The number of nitrogens with zero attached hydrogens (tertiary/aromatic N) is 5. The second-order valence-electron chi connectivity index (χ2n) is 16.1. The molecule has 280 valence electrons. The highest BCUT2D eigenvalue weighted by molar-refractivity contribution is 5.95. The molecule has 2 bridgehead atoms. The van der Waals surface area contributed by atoms with E-state index in [-0.39, 0.29) is 60.2 Å². The van der Waals surface area contributed by atoms with Gasteiger partial charge in [-0.3, -0.25) is 14.4 Å². The maximum absolute atomic E-state index is 14.7. The van der Waals surface area contributed by atoms with Crippen LogP contribution in [0.5, 0.6) is 5.75 Å². The maximum atomic E-state index is 14.7. The molecule has 11 heteroatoms. The molecule has 3 aromatic rings. The number of hydrogen-bond acceptors (Lipinski definition) is 8.